The normalized spacial score (nSPS) is 15.6. The lowest BCUT2D eigenvalue weighted by atomic mass is 9.82. The second kappa shape index (κ2) is 14.1. The monoisotopic (exact) mass is 556 g/mol. The van der Waals surface area contributed by atoms with Gasteiger partial charge in [-0.25, -0.2) is 4.99 Å². The second-order valence-corrected chi connectivity index (χ2v) is 12.7. The van der Waals surface area contributed by atoms with E-state index in [4.69, 9.17) is 4.74 Å². The second-order valence-electron chi connectivity index (χ2n) is 12.7. The Kier molecular flexibility index (Phi) is 10.5. The topological polar surface area (TPSA) is 79.4 Å². The lowest BCUT2D eigenvalue weighted by molar-refractivity contribution is -0.127. The number of hydrogen-bond acceptors (Lipinski definition) is 4. The van der Waals surface area contributed by atoms with Gasteiger partial charge >= 0.3 is 0 Å². The molecule has 1 fully saturated rings. The maximum Gasteiger partial charge on any atom is 0.254 e. The van der Waals surface area contributed by atoms with Crippen LogP contribution in [0.5, 0.6) is 5.88 Å². The van der Waals surface area contributed by atoms with Gasteiger partial charge in [0.15, 0.2) is 0 Å². The number of rotatable bonds is 14. The van der Waals surface area contributed by atoms with Gasteiger partial charge in [0, 0.05) is 36.3 Å². The van der Waals surface area contributed by atoms with E-state index in [1.165, 1.54) is 36.0 Å². The van der Waals surface area contributed by atoms with E-state index in [1.54, 1.807) is 6.21 Å². The van der Waals surface area contributed by atoms with Gasteiger partial charge in [-0.15, -0.1) is 5.10 Å². The molecule has 3 aromatic rings. The number of amides is 1. The lowest BCUT2D eigenvalue weighted by Gasteiger charge is -2.24. The van der Waals surface area contributed by atoms with Crippen LogP contribution >= 0.6 is 0 Å². The van der Waals surface area contributed by atoms with E-state index >= 15 is 0 Å². The fraction of sp³-hybridized carbons (Fsp3) is 0.514. The molecule has 1 heterocycles. The van der Waals surface area contributed by atoms with Crippen LogP contribution in [-0.2, 0) is 4.79 Å². The predicted octanol–water partition coefficient (Wildman–Crippen LogP) is 7.77. The van der Waals surface area contributed by atoms with Crippen LogP contribution in [0.15, 0.2) is 53.5 Å². The predicted molar refractivity (Wildman–Crippen MR) is 169 cm³/mol. The van der Waals surface area contributed by atoms with E-state index in [0.29, 0.717) is 11.8 Å². The van der Waals surface area contributed by atoms with Crippen molar-refractivity contribution in [1.82, 2.24) is 15.5 Å². The van der Waals surface area contributed by atoms with Crippen molar-refractivity contribution in [2.75, 3.05) is 19.7 Å². The third-order valence-corrected chi connectivity index (χ3v) is 8.33. The number of H-pyrrole nitrogens is 1. The van der Waals surface area contributed by atoms with Crippen LogP contribution in [0.2, 0.25) is 0 Å². The lowest BCUT2D eigenvalue weighted by Crippen LogP contribution is -2.30. The average Bonchev–Trinajstić information content (AvgIpc) is 3.35. The highest BCUT2D eigenvalue weighted by Gasteiger charge is 2.30. The largest absolute Gasteiger partial charge is 0.475 e. The average molecular weight is 557 g/mol. The highest BCUT2D eigenvalue weighted by atomic mass is 16.5. The molecule has 1 aromatic heterocycles. The van der Waals surface area contributed by atoms with Gasteiger partial charge in [-0.1, -0.05) is 80.6 Å². The number of nitrogens with zero attached hydrogens (tertiary/aromatic N) is 2. The number of carbonyl (C=O) groups excluding carboxylic acids is 1. The molecule has 0 radical (unpaired) electrons. The molecule has 1 amide bonds. The molecule has 2 N–H and O–H groups in total. The van der Waals surface area contributed by atoms with Crippen molar-refractivity contribution in [1.29, 1.82) is 0 Å². The number of nitrogens with one attached hydrogen (secondary N) is 2. The van der Waals surface area contributed by atoms with Gasteiger partial charge in [0.2, 0.25) is 5.88 Å². The summed E-state index contributed by atoms with van der Waals surface area (Å²) in [5.41, 5.74) is 6.07. The van der Waals surface area contributed by atoms with Crippen molar-refractivity contribution in [2.24, 2.45) is 16.3 Å². The van der Waals surface area contributed by atoms with E-state index in [1.807, 2.05) is 13.8 Å². The molecule has 1 aliphatic rings. The highest BCUT2D eigenvalue weighted by Crippen LogP contribution is 2.36. The summed E-state index contributed by atoms with van der Waals surface area (Å²) >= 11 is 0. The molecule has 0 spiro atoms. The summed E-state index contributed by atoms with van der Waals surface area (Å²) < 4.78 is 6.31. The molecule has 4 rings (SSSR count). The molecule has 0 saturated heterocycles. The Labute approximate surface area is 246 Å². The Morgan fingerprint density at radius 1 is 1.10 bits per heavy atom. The number of aromatic amines is 1. The first-order valence-electron chi connectivity index (χ1n) is 15.3. The van der Waals surface area contributed by atoms with E-state index in [9.17, 15) is 4.79 Å². The first-order valence-corrected chi connectivity index (χ1v) is 15.3. The Morgan fingerprint density at radius 3 is 2.44 bits per heavy atom. The molecule has 41 heavy (non-hydrogen) atoms. The van der Waals surface area contributed by atoms with E-state index in [-0.39, 0.29) is 18.4 Å². The summed E-state index contributed by atoms with van der Waals surface area (Å²) in [5.74, 6) is 1.76. The molecule has 6 heteroatoms. The molecule has 6 nitrogen and oxygen atoms in total. The van der Waals surface area contributed by atoms with E-state index in [0.717, 1.165) is 48.7 Å². The number of aromatic nitrogens is 2. The number of ether oxygens (including phenoxy) is 1. The van der Waals surface area contributed by atoms with E-state index < -0.39 is 5.41 Å². The summed E-state index contributed by atoms with van der Waals surface area (Å²) in [6, 6.07) is 17.1. The molecular formula is C35H48N4O2. The van der Waals surface area contributed by atoms with Gasteiger partial charge in [0.05, 0.1) is 11.1 Å². The molecule has 2 aromatic carbocycles. The Morgan fingerprint density at radius 2 is 1.78 bits per heavy atom. The van der Waals surface area contributed by atoms with Crippen LogP contribution in [-0.4, -0.2) is 42.0 Å². The molecule has 1 aliphatic carbocycles. The third-order valence-electron chi connectivity index (χ3n) is 8.33. The quantitative estimate of drug-likeness (QED) is 0.199. The molecule has 220 valence electrons. The maximum absolute atomic E-state index is 12.9. The van der Waals surface area contributed by atoms with Crippen LogP contribution in [0, 0.1) is 25.2 Å². The van der Waals surface area contributed by atoms with Crippen LogP contribution in [0.4, 0.5) is 0 Å². The smallest absolute Gasteiger partial charge is 0.254 e. The van der Waals surface area contributed by atoms with Gasteiger partial charge < -0.3 is 10.1 Å². The van der Waals surface area contributed by atoms with Crippen molar-refractivity contribution in [3.63, 3.8) is 0 Å². The van der Waals surface area contributed by atoms with Gasteiger partial charge in [0.25, 0.3) is 5.91 Å². The fourth-order valence-electron chi connectivity index (χ4n) is 5.48. The number of aliphatic imine (C=N–C) groups is 1. The van der Waals surface area contributed by atoms with Crippen molar-refractivity contribution in [3.05, 3.63) is 70.8 Å². The molecule has 0 bridgehead atoms. The number of hydrogen-bond donors (Lipinski definition) is 2. The zero-order valence-corrected chi connectivity index (χ0v) is 25.8. The van der Waals surface area contributed by atoms with Crippen LogP contribution < -0.4 is 10.1 Å². The summed E-state index contributed by atoms with van der Waals surface area (Å²) in [7, 11) is 0. The summed E-state index contributed by atoms with van der Waals surface area (Å²) in [5, 5.41) is 11.5. The number of benzene rings is 2. The SMILES string of the molecule is Cc1cc(C)cc(-c2[nH]nc(OCC(C)(C)C(=O)N=CCCC3CCC3)c2[C@H](C)CNCC(C)c2ccccc2)c1. The van der Waals surface area contributed by atoms with Gasteiger partial charge in [0.1, 0.15) is 6.61 Å². The number of aryl methyl sites for hydroxylation is 2. The summed E-state index contributed by atoms with van der Waals surface area (Å²) in [4.78, 5) is 17.2. The zero-order valence-electron chi connectivity index (χ0n) is 25.8. The van der Waals surface area contributed by atoms with Crippen molar-refractivity contribution in [3.8, 4) is 17.1 Å². The minimum absolute atomic E-state index is 0.130. The Balaban J connectivity index is 1.46. The Hall–Kier alpha value is -3.25. The van der Waals surface area contributed by atoms with Gasteiger partial charge in [-0.2, -0.15) is 0 Å². The van der Waals surface area contributed by atoms with Crippen molar-refractivity contribution >= 4 is 12.1 Å². The molecule has 1 unspecified atom stereocenters. The summed E-state index contributed by atoms with van der Waals surface area (Å²) in [6.45, 7) is 14.3. The number of carbonyl (C=O) groups is 1. The zero-order chi connectivity index (χ0) is 29.4. The highest BCUT2D eigenvalue weighted by molar-refractivity contribution is 5.89. The van der Waals surface area contributed by atoms with Crippen molar-refractivity contribution in [2.45, 2.75) is 85.5 Å². The summed E-state index contributed by atoms with van der Waals surface area (Å²) in [6.07, 6.45) is 7.76. The molecular weight excluding hydrogens is 508 g/mol. The first-order chi connectivity index (χ1) is 19.6. The molecule has 1 saturated carbocycles. The Bertz CT molecular complexity index is 1290. The van der Waals surface area contributed by atoms with Gasteiger partial charge in [-0.3, -0.25) is 9.89 Å². The fourth-order valence-corrected chi connectivity index (χ4v) is 5.48. The minimum atomic E-state index is -0.754. The van der Waals surface area contributed by atoms with Gasteiger partial charge in [-0.05, 0) is 70.1 Å². The standard InChI is InChI=1S/C35H48N4O2/c1-24-18-25(2)20-30(19-24)32-31(27(4)22-36-21-26(3)29-15-8-7-9-16-29)33(39-38-32)41-23-35(5,6)34(40)37-17-11-14-28-12-10-13-28/h7-9,15-20,26-28,36H,10-14,21-23H2,1-6H3,(H,38,39)/t26?,27-/m1/s1. The molecule has 2 atom stereocenters. The first kappa shape index (κ1) is 30.7. The minimum Gasteiger partial charge on any atom is -0.475 e. The maximum atomic E-state index is 12.9. The van der Waals surface area contributed by atoms with E-state index in [2.05, 4.69) is 96.7 Å². The third kappa shape index (κ3) is 8.38. The van der Waals surface area contributed by atoms with Crippen LogP contribution in [0.25, 0.3) is 11.3 Å². The molecule has 0 aliphatic heterocycles. The van der Waals surface area contributed by atoms with Crippen LogP contribution in [0.1, 0.15) is 93.9 Å². The van der Waals surface area contributed by atoms with Crippen molar-refractivity contribution < 1.29 is 9.53 Å². The van der Waals surface area contributed by atoms with Crippen LogP contribution in [0.3, 0.4) is 0 Å².